The number of carbonyl (C=O) groups excluding carboxylic acids is 1. The molecule has 5 atom stereocenters. The van der Waals surface area contributed by atoms with Crippen LogP contribution in [0.3, 0.4) is 0 Å². The minimum atomic E-state index is -0.213. The lowest BCUT2D eigenvalue weighted by Crippen LogP contribution is -2.48. The predicted octanol–water partition coefficient (Wildman–Crippen LogP) is 4.69. The highest BCUT2D eigenvalue weighted by Gasteiger charge is 2.59. The molecule has 0 aromatic heterocycles. The Morgan fingerprint density at radius 3 is 2.92 bits per heavy atom. The molecule has 4 rings (SSSR count). The van der Waals surface area contributed by atoms with Crippen LogP contribution in [0.25, 0.3) is 0 Å². The summed E-state index contributed by atoms with van der Waals surface area (Å²) in [5, 5.41) is 9.75. The Morgan fingerprint density at radius 2 is 2.21 bits per heavy atom. The molecule has 124 valence electrons. The zero-order chi connectivity index (χ0) is 17.1. The summed E-state index contributed by atoms with van der Waals surface area (Å²) >= 11 is 0. The van der Waals surface area contributed by atoms with Crippen molar-refractivity contribution in [3.8, 4) is 18.1 Å². The van der Waals surface area contributed by atoms with E-state index in [1.165, 1.54) is 0 Å². The van der Waals surface area contributed by atoms with E-state index >= 15 is 0 Å². The fraction of sp³-hybridized carbons (Fsp3) is 0.500. The number of fused-ring (bicyclic) bond motifs is 5. The van der Waals surface area contributed by atoms with Gasteiger partial charge in [0.2, 0.25) is 0 Å². The molecule has 24 heavy (non-hydrogen) atoms. The zero-order valence-corrected chi connectivity index (χ0v) is 14.4. The van der Waals surface area contributed by atoms with Gasteiger partial charge in [0, 0.05) is 12.0 Å². The number of allylic oxidation sites excluding steroid dienone is 2. The van der Waals surface area contributed by atoms with E-state index in [1.807, 2.05) is 6.07 Å². The molecule has 3 aliphatic carbocycles. The summed E-state index contributed by atoms with van der Waals surface area (Å²) in [7, 11) is 0. The molecule has 0 spiro atoms. The monoisotopic (exact) mass is 320 g/mol. The van der Waals surface area contributed by atoms with Crippen LogP contribution in [0, 0.1) is 35.0 Å². The second-order valence-electron chi connectivity index (χ2n) is 7.95. The van der Waals surface area contributed by atoms with Gasteiger partial charge in [-0.2, -0.15) is 0 Å². The van der Waals surface area contributed by atoms with Gasteiger partial charge in [0.15, 0.2) is 5.78 Å². The number of terminal acetylenes is 1. The van der Waals surface area contributed by atoms with Gasteiger partial charge in [-0.3, -0.25) is 4.79 Å². The van der Waals surface area contributed by atoms with E-state index in [2.05, 4.69) is 31.9 Å². The highest BCUT2D eigenvalue weighted by molar-refractivity contribution is 5.99. The first-order chi connectivity index (χ1) is 11.5. The summed E-state index contributed by atoms with van der Waals surface area (Å²) in [6, 6.07) is 5.31. The SMILES string of the molecule is C#C[C@]1(C)C=C[C@H]2[C@@H]3CC(=O)c4cc(O)ccc4[C@H]3CC[C@@]21CC. The van der Waals surface area contributed by atoms with Gasteiger partial charge in [0.05, 0.1) is 5.41 Å². The van der Waals surface area contributed by atoms with Crippen LogP contribution in [-0.4, -0.2) is 10.9 Å². The lowest BCUT2D eigenvalue weighted by atomic mass is 9.49. The molecule has 1 aromatic rings. The van der Waals surface area contributed by atoms with Crippen molar-refractivity contribution in [1.82, 2.24) is 0 Å². The summed E-state index contributed by atoms with van der Waals surface area (Å²) in [5.74, 6) is 4.50. The van der Waals surface area contributed by atoms with Gasteiger partial charge >= 0.3 is 0 Å². The minimum absolute atomic E-state index is 0.0810. The molecule has 0 unspecified atom stereocenters. The molecule has 1 saturated carbocycles. The largest absolute Gasteiger partial charge is 0.508 e. The fourth-order valence-corrected chi connectivity index (χ4v) is 5.91. The van der Waals surface area contributed by atoms with Crippen LogP contribution >= 0.6 is 0 Å². The maximum absolute atomic E-state index is 12.7. The quantitative estimate of drug-likeness (QED) is 0.602. The molecule has 1 fully saturated rings. The van der Waals surface area contributed by atoms with E-state index in [0.717, 1.165) is 30.4 Å². The second kappa shape index (κ2) is 4.99. The van der Waals surface area contributed by atoms with Crippen LogP contribution in [0.15, 0.2) is 30.4 Å². The molecule has 0 bridgehead atoms. The van der Waals surface area contributed by atoms with Crippen molar-refractivity contribution in [2.24, 2.45) is 22.7 Å². The number of carbonyl (C=O) groups is 1. The number of aromatic hydroxyl groups is 1. The highest BCUT2D eigenvalue weighted by atomic mass is 16.3. The Kier molecular flexibility index (Phi) is 3.23. The molecule has 0 amide bonds. The first-order valence-corrected chi connectivity index (χ1v) is 8.99. The molecule has 0 aliphatic heterocycles. The van der Waals surface area contributed by atoms with E-state index in [-0.39, 0.29) is 22.4 Å². The van der Waals surface area contributed by atoms with Gasteiger partial charge < -0.3 is 5.11 Å². The number of hydrogen-bond donors (Lipinski definition) is 1. The standard InChI is InChI=1S/C22H24O2/c1-4-21(3)10-9-19-17-13-20(24)18-12-14(23)6-7-15(18)16(17)8-11-22(19,21)5-2/h1,6-7,9-10,12,16-17,19,23H,5,8,11,13H2,2-3H3/t16-,17-,19+,21-,22+/m1/s1. The van der Waals surface area contributed by atoms with Gasteiger partial charge in [0.25, 0.3) is 0 Å². The first-order valence-electron chi connectivity index (χ1n) is 8.99. The number of ketones is 1. The van der Waals surface area contributed by atoms with E-state index in [9.17, 15) is 9.90 Å². The van der Waals surface area contributed by atoms with Crippen molar-refractivity contribution in [3.05, 3.63) is 41.5 Å². The third-order valence-electron chi connectivity index (χ3n) is 7.28. The third kappa shape index (κ3) is 1.76. The van der Waals surface area contributed by atoms with E-state index < -0.39 is 0 Å². The molecule has 2 heteroatoms. The maximum Gasteiger partial charge on any atom is 0.163 e. The van der Waals surface area contributed by atoms with Gasteiger partial charge in [-0.25, -0.2) is 0 Å². The number of phenolic OH excluding ortho intramolecular Hbond substituents is 1. The first kappa shape index (κ1) is 15.5. The Labute approximate surface area is 144 Å². The maximum atomic E-state index is 12.7. The smallest absolute Gasteiger partial charge is 0.163 e. The number of phenols is 1. The van der Waals surface area contributed by atoms with E-state index in [0.29, 0.717) is 24.2 Å². The Bertz CT molecular complexity index is 784. The van der Waals surface area contributed by atoms with Crippen molar-refractivity contribution in [1.29, 1.82) is 0 Å². The summed E-state index contributed by atoms with van der Waals surface area (Å²) in [6.45, 7) is 4.43. The Hall–Kier alpha value is -2.01. The highest BCUT2D eigenvalue weighted by Crippen LogP contribution is 2.65. The van der Waals surface area contributed by atoms with E-state index in [1.54, 1.807) is 12.1 Å². The second-order valence-corrected chi connectivity index (χ2v) is 7.95. The molecular formula is C22H24O2. The van der Waals surface area contributed by atoms with Gasteiger partial charge in [0.1, 0.15) is 5.75 Å². The third-order valence-corrected chi connectivity index (χ3v) is 7.28. The average Bonchev–Trinajstić information content (AvgIpc) is 2.89. The van der Waals surface area contributed by atoms with Crippen molar-refractivity contribution in [2.45, 2.75) is 45.4 Å². The molecule has 1 aromatic carbocycles. The molecule has 0 saturated heterocycles. The average molecular weight is 320 g/mol. The van der Waals surface area contributed by atoms with Gasteiger partial charge in [-0.15, -0.1) is 6.42 Å². The van der Waals surface area contributed by atoms with Crippen LogP contribution in [-0.2, 0) is 0 Å². The molecule has 0 heterocycles. The molecule has 0 radical (unpaired) electrons. The van der Waals surface area contributed by atoms with Crippen molar-refractivity contribution < 1.29 is 9.90 Å². The summed E-state index contributed by atoms with van der Waals surface area (Å²) in [4.78, 5) is 12.7. The zero-order valence-electron chi connectivity index (χ0n) is 14.4. The molecule has 3 aliphatic rings. The lowest BCUT2D eigenvalue weighted by molar-refractivity contribution is 0.00365. The van der Waals surface area contributed by atoms with Crippen LogP contribution in [0.1, 0.15) is 61.4 Å². The number of Topliss-reactive ketones (excluding diaryl/α,β-unsaturated/α-hetero) is 1. The molecular weight excluding hydrogens is 296 g/mol. The topological polar surface area (TPSA) is 37.3 Å². The van der Waals surface area contributed by atoms with E-state index in [4.69, 9.17) is 6.42 Å². The Morgan fingerprint density at radius 1 is 1.42 bits per heavy atom. The number of rotatable bonds is 1. The van der Waals surface area contributed by atoms with Crippen LogP contribution in [0.5, 0.6) is 5.75 Å². The number of benzene rings is 1. The summed E-state index contributed by atoms with van der Waals surface area (Å²) in [5.41, 5.74) is 1.72. The number of hydrogen-bond acceptors (Lipinski definition) is 2. The molecule has 1 N–H and O–H groups in total. The predicted molar refractivity (Wildman–Crippen MR) is 94.8 cm³/mol. The fourth-order valence-electron chi connectivity index (χ4n) is 5.91. The Balaban J connectivity index is 1.80. The summed E-state index contributed by atoms with van der Waals surface area (Å²) in [6.07, 6.45) is 14.2. The molecule has 2 nitrogen and oxygen atoms in total. The normalized spacial score (nSPS) is 39.7. The van der Waals surface area contributed by atoms with Crippen molar-refractivity contribution in [3.63, 3.8) is 0 Å². The van der Waals surface area contributed by atoms with Gasteiger partial charge in [-0.1, -0.05) is 31.1 Å². The summed E-state index contributed by atoms with van der Waals surface area (Å²) < 4.78 is 0. The van der Waals surface area contributed by atoms with Crippen molar-refractivity contribution >= 4 is 5.78 Å². The van der Waals surface area contributed by atoms with Crippen LogP contribution < -0.4 is 0 Å². The lowest BCUT2D eigenvalue weighted by Gasteiger charge is -2.54. The van der Waals surface area contributed by atoms with Crippen LogP contribution in [0.4, 0.5) is 0 Å². The van der Waals surface area contributed by atoms with Crippen molar-refractivity contribution in [2.75, 3.05) is 0 Å². The van der Waals surface area contributed by atoms with Gasteiger partial charge in [-0.05, 0) is 67.1 Å². The minimum Gasteiger partial charge on any atom is -0.508 e. The van der Waals surface area contributed by atoms with Crippen LogP contribution in [0.2, 0.25) is 0 Å².